The van der Waals surface area contributed by atoms with Crippen molar-refractivity contribution in [2.45, 2.75) is 59.4 Å². The summed E-state index contributed by atoms with van der Waals surface area (Å²) in [5, 5.41) is 0. The lowest BCUT2D eigenvalue weighted by molar-refractivity contribution is -0.118. The fourth-order valence-corrected chi connectivity index (χ4v) is 1.59. The molecule has 2 heteroatoms. The lowest BCUT2D eigenvalue weighted by atomic mass is 9.93. The Morgan fingerprint density at radius 3 is 2.21 bits per heavy atom. The third kappa shape index (κ3) is 7.07. The molecular formula is C12H25NO. The molecule has 0 aliphatic heterocycles. The van der Waals surface area contributed by atoms with E-state index < -0.39 is 0 Å². The van der Waals surface area contributed by atoms with Crippen LogP contribution in [0.15, 0.2) is 0 Å². The molecule has 2 N–H and O–H groups in total. The van der Waals surface area contributed by atoms with Crippen LogP contribution in [0.5, 0.6) is 0 Å². The molecule has 1 unspecified atom stereocenters. The minimum atomic E-state index is -0.246. The highest BCUT2D eigenvalue weighted by molar-refractivity contribution is 5.81. The monoisotopic (exact) mass is 199 g/mol. The topological polar surface area (TPSA) is 43.1 Å². The average molecular weight is 199 g/mol. The smallest absolute Gasteiger partial charge is 0.146 e. The van der Waals surface area contributed by atoms with Gasteiger partial charge in [0.15, 0.2) is 0 Å². The Morgan fingerprint density at radius 2 is 1.79 bits per heavy atom. The maximum Gasteiger partial charge on any atom is 0.146 e. The van der Waals surface area contributed by atoms with Crippen LogP contribution < -0.4 is 5.73 Å². The Labute approximate surface area is 88.3 Å². The van der Waals surface area contributed by atoms with E-state index in [1.54, 1.807) is 6.92 Å². The molecule has 0 fully saturated rings. The highest BCUT2D eigenvalue weighted by atomic mass is 16.1. The van der Waals surface area contributed by atoms with Crippen LogP contribution >= 0.6 is 0 Å². The highest BCUT2D eigenvalue weighted by Crippen LogP contribution is 2.16. The average Bonchev–Trinajstić information content (AvgIpc) is 2.02. The zero-order chi connectivity index (χ0) is 11.1. The van der Waals surface area contributed by atoms with E-state index in [-0.39, 0.29) is 11.8 Å². The van der Waals surface area contributed by atoms with Gasteiger partial charge < -0.3 is 5.73 Å². The van der Waals surface area contributed by atoms with Crippen molar-refractivity contribution >= 4 is 5.78 Å². The SMILES string of the molecule is CC(=O)[C@H](N)CC(C)CCCC(C)C. The van der Waals surface area contributed by atoms with Gasteiger partial charge in [-0.25, -0.2) is 0 Å². The van der Waals surface area contributed by atoms with E-state index in [4.69, 9.17) is 5.73 Å². The summed E-state index contributed by atoms with van der Waals surface area (Å²) in [5.74, 6) is 1.47. The van der Waals surface area contributed by atoms with Crippen LogP contribution in [0.2, 0.25) is 0 Å². The van der Waals surface area contributed by atoms with Crippen LogP contribution in [0.3, 0.4) is 0 Å². The van der Waals surface area contributed by atoms with Crippen molar-refractivity contribution in [3.63, 3.8) is 0 Å². The van der Waals surface area contributed by atoms with Crippen LogP contribution in [-0.4, -0.2) is 11.8 Å². The lowest BCUT2D eigenvalue weighted by Crippen LogP contribution is -2.30. The molecule has 0 aromatic carbocycles. The van der Waals surface area contributed by atoms with Crippen LogP contribution in [0.1, 0.15) is 53.4 Å². The van der Waals surface area contributed by atoms with Crippen molar-refractivity contribution in [3.8, 4) is 0 Å². The summed E-state index contributed by atoms with van der Waals surface area (Å²) >= 11 is 0. The largest absolute Gasteiger partial charge is 0.322 e. The van der Waals surface area contributed by atoms with Gasteiger partial charge in [0.2, 0.25) is 0 Å². The van der Waals surface area contributed by atoms with E-state index in [1.165, 1.54) is 19.3 Å². The first-order chi connectivity index (χ1) is 6.43. The summed E-state index contributed by atoms with van der Waals surface area (Å²) in [6.07, 6.45) is 4.57. The molecule has 2 nitrogen and oxygen atoms in total. The second-order valence-electron chi connectivity index (χ2n) is 4.88. The molecule has 0 saturated carbocycles. The first kappa shape index (κ1) is 13.6. The number of ketones is 1. The maximum absolute atomic E-state index is 10.9. The van der Waals surface area contributed by atoms with Gasteiger partial charge in [0.25, 0.3) is 0 Å². The Bertz CT molecular complexity index is 166. The third-order valence-electron chi connectivity index (χ3n) is 2.66. The number of rotatable bonds is 7. The first-order valence-corrected chi connectivity index (χ1v) is 5.69. The van der Waals surface area contributed by atoms with Gasteiger partial charge in [-0.2, -0.15) is 0 Å². The summed E-state index contributed by atoms with van der Waals surface area (Å²) in [5.41, 5.74) is 5.70. The van der Waals surface area contributed by atoms with E-state index in [0.29, 0.717) is 5.92 Å². The molecule has 0 radical (unpaired) electrons. The molecule has 0 rings (SSSR count). The van der Waals surface area contributed by atoms with Gasteiger partial charge >= 0.3 is 0 Å². The zero-order valence-corrected chi connectivity index (χ0v) is 10.0. The van der Waals surface area contributed by atoms with E-state index in [9.17, 15) is 4.79 Å². The van der Waals surface area contributed by atoms with Crippen molar-refractivity contribution < 1.29 is 4.79 Å². The van der Waals surface area contributed by atoms with Gasteiger partial charge in [-0.15, -0.1) is 0 Å². The molecule has 84 valence electrons. The summed E-state index contributed by atoms with van der Waals surface area (Å²) in [7, 11) is 0. The Kier molecular flexibility index (Phi) is 6.81. The molecule has 0 aliphatic rings. The molecule has 2 atom stereocenters. The predicted molar refractivity (Wildman–Crippen MR) is 61.1 cm³/mol. The van der Waals surface area contributed by atoms with Crippen molar-refractivity contribution in [3.05, 3.63) is 0 Å². The van der Waals surface area contributed by atoms with Gasteiger partial charge in [0, 0.05) is 0 Å². The molecule has 0 aromatic rings. The number of hydrogen-bond acceptors (Lipinski definition) is 2. The van der Waals surface area contributed by atoms with Gasteiger partial charge in [-0.3, -0.25) is 4.79 Å². The number of Topliss-reactive ketones (excluding diaryl/α,β-unsaturated/α-hetero) is 1. The lowest BCUT2D eigenvalue weighted by Gasteiger charge is -2.15. The minimum absolute atomic E-state index is 0.112. The van der Waals surface area contributed by atoms with E-state index in [0.717, 1.165) is 12.3 Å². The molecule has 0 aromatic heterocycles. The second-order valence-corrected chi connectivity index (χ2v) is 4.88. The van der Waals surface area contributed by atoms with Gasteiger partial charge in [0.1, 0.15) is 5.78 Å². The van der Waals surface area contributed by atoms with Crippen LogP contribution in [-0.2, 0) is 4.79 Å². The molecule has 14 heavy (non-hydrogen) atoms. The van der Waals surface area contributed by atoms with Gasteiger partial charge in [-0.05, 0) is 25.2 Å². The molecule has 0 heterocycles. The number of carbonyl (C=O) groups excluding carboxylic acids is 1. The number of nitrogens with two attached hydrogens (primary N) is 1. The van der Waals surface area contributed by atoms with Crippen LogP contribution in [0.4, 0.5) is 0 Å². The second kappa shape index (κ2) is 6.99. The molecule has 0 bridgehead atoms. The third-order valence-corrected chi connectivity index (χ3v) is 2.66. The molecule has 0 aliphatic carbocycles. The molecule has 0 spiro atoms. The summed E-state index contributed by atoms with van der Waals surface area (Å²) in [4.78, 5) is 10.9. The molecule has 0 saturated heterocycles. The summed E-state index contributed by atoms with van der Waals surface area (Å²) < 4.78 is 0. The Morgan fingerprint density at radius 1 is 1.21 bits per heavy atom. The van der Waals surface area contributed by atoms with E-state index in [1.807, 2.05) is 0 Å². The number of hydrogen-bond donors (Lipinski definition) is 1. The van der Waals surface area contributed by atoms with Gasteiger partial charge in [0.05, 0.1) is 6.04 Å². The molecule has 0 amide bonds. The van der Waals surface area contributed by atoms with Crippen molar-refractivity contribution in [2.75, 3.05) is 0 Å². The quantitative estimate of drug-likeness (QED) is 0.685. The molecular weight excluding hydrogens is 174 g/mol. The summed E-state index contributed by atoms with van der Waals surface area (Å²) in [6, 6.07) is -0.246. The Balaban J connectivity index is 3.55. The number of carbonyl (C=O) groups is 1. The van der Waals surface area contributed by atoms with E-state index in [2.05, 4.69) is 20.8 Å². The Hall–Kier alpha value is -0.370. The predicted octanol–water partition coefficient (Wildman–Crippen LogP) is 2.76. The zero-order valence-electron chi connectivity index (χ0n) is 10.0. The van der Waals surface area contributed by atoms with E-state index >= 15 is 0 Å². The normalized spacial score (nSPS) is 15.6. The van der Waals surface area contributed by atoms with Crippen LogP contribution in [0.25, 0.3) is 0 Å². The minimum Gasteiger partial charge on any atom is -0.322 e. The maximum atomic E-state index is 10.9. The van der Waals surface area contributed by atoms with Crippen molar-refractivity contribution in [1.29, 1.82) is 0 Å². The van der Waals surface area contributed by atoms with Crippen LogP contribution in [0, 0.1) is 11.8 Å². The highest BCUT2D eigenvalue weighted by Gasteiger charge is 2.12. The fourth-order valence-electron chi connectivity index (χ4n) is 1.59. The van der Waals surface area contributed by atoms with Gasteiger partial charge in [-0.1, -0.05) is 40.0 Å². The first-order valence-electron chi connectivity index (χ1n) is 5.69. The van der Waals surface area contributed by atoms with Crippen molar-refractivity contribution in [2.24, 2.45) is 17.6 Å². The summed E-state index contributed by atoms with van der Waals surface area (Å²) in [6.45, 7) is 8.24. The standard InChI is InChI=1S/C12H25NO/c1-9(2)6-5-7-10(3)8-12(13)11(4)14/h9-10,12H,5-8,13H2,1-4H3/t10?,12-/m1/s1. The van der Waals surface area contributed by atoms with Crippen molar-refractivity contribution in [1.82, 2.24) is 0 Å². The fraction of sp³-hybridized carbons (Fsp3) is 0.917.